The van der Waals surface area contributed by atoms with Crippen molar-refractivity contribution in [3.05, 3.63) is 52.0 Å². The number of aromatic amines is 1. The van der Waals surface area contributed by atoms with E-state index in [1.807, 2.05) is 48.2 Å². The van der Waals surface area contributed by atoms with E-state index < -0.39 is 0 Å². The zero-order valence-corrected chi connectivity index (χ0v) is 17.6. The first-order chi connectivity index (χ1) is 14.6. The number of hydrogen-bond acceptors (Lipinski definition) is 5. The van der Waals surface area contributed by atoms with E-state index in [-0.39, 0.29) is 29.7 Å². The van der Waals surface area contributed by atoms with Crippen LogP contribution in [0.25, 0.3) is 11.0 Å². The molecule has 2 N–H and O–H groups in total. The molecule has 2 aliphatic rings. The Balaban J connectivity index is 1.19. The number of ether oxygens (including phenoxy) is 1. The number of morpholine rings is 1. The van der Waals surface area contributed by atoms with Crippen molar-refractivity contribution < 1.29 is 14.3 Å². The molecule has 3 aromatic rings. The SMILES string of the molecule is CC(NC(=O)C1CC1c1nc2ccccc2[nH]1)c1ccc(C(=O)N2CCOCC2)s1. The second kappa shape index (κ2) is 7.85. The van der Waals surface area contributed by atoms with Crippen LogP contribution in [0.5, 0.6) is 0 Å². The Morgan fingerprint density at radius 3 is 2.83 bits per heavy atom. The highest BCUT2D eigenvalue weighted by atomic mass is 32.1. The first-order valence-corrected chi connectivity index (χ1v) is 11.1. The first-order valence-electron chi connectivity index (χ1n) is 10.3. The maximum Gasteiger partial charge on any atom is 0.264 e. The number of amides is 2. The fourth-order valence-electron chi connectivity index (χ4n) is 3.95. The molecule has 3 atom stereocenters. The molecule has 30 heavy (non-hydrogen) atoms. The average Bonchev–Trinajstić information content (AvgIpc) is 3.21. The van der Waals surface area contributed by atoms with E-state index in [4.69, 9.17) is 4.74 Å². The number of nitrogens with zero attached hydrogens (tertiary/aromatic N) is 2. The van der Waals surface area contributed by atoms with Gasteiger partial charge in [-0.1, -0.05) is 12.1 Å². The molecule has 1 aliphatic carbocycles. The predicted octanol–water partition coefficient (Wildman–Crippen LogP) is 3.08. The van der Waals surface area contributed by atoms with Gasteiger partial charge in [0.2, 0.25) is 5.91 Å². The zero-order valence-electron chi connectivity index (χ0n) is 16.8. The van der Waals surface area contributed by atoms with Crippen LogP contribution >= 0.6 is 11.3 Å². The number of carbonyl (C=O) groups excluding carboxylic acids is 2. The quantitative estimate of drug-likeness (QED) is 0.659. The van der Waals surface area contributed by atoms with Gasteiger partial charge in [-0.05, 0) is 37.6 Å². The van der Waals surface area contributed by atoms with Crippen molar-refractivity contribution >= 4 is 34.2 Å². The summed E-state index contributed by atoms with van der Waals surface area (Å²) in [6.07, 6.45) is 0.809. The molecule has 2 amide bonds. The summed E-state index contributed by atoms with van der Waals surface area (Å²) in [7, 11) is 0. The molecule has 0 spiro atoms. The molecule has 5 rings (SSSR count). The third kappa shape index (κ3) is 3.73. The van der Waals surface area contributed by atoms with Crippen molar-refractivity contribution in [3.8, 4) is 0 Å². The summed E-state index contributed by atoms with van der Waals surface area (Å²) in [6.45, 7) is 4.40. The summed E-state index contributed by atoms with van der Waals surface area (Å²) in [5.74, 6) is 1.06. The van der Waals surface area contributed by atoms with Gasteiger partial charge >= 0.3 is 0 Å². The van der Waals surface area contributed by atoms with Crippen molar-refractivity contribution in [1.29, 1.82) is 0 Å². The Kier molecular flexibility index (Phi) is 5.04. The van der Waals surface area contributed by atoms with Crippen molar-refractivity contribution in [2.24, 2.45) is 5.92 Å². The molecule has 3 heterocycles. The second-order valence-electron chi connectivity index (χ2n) is 7.92. The largest absolute Gasteiger partial charge is 0.378 e. The van der Waals surface area contributed by atoms with Gasteiger partial charge in [0.1, 0.15) is 5.82 Å². The van der Waals surface area contributed by atoms with Gasteiger partial charge in [0, 0.05) is 29.8 Å². The summed E-state index contributed by atoms with van der Waals surface area (Å²) in [4.78, 5) is 36.9. The smallest absolute Gasteiger partial charge is 0.264 e. The zero-order chi connectivity index (χ0) is 20.7. The Morgan fingerprint density at radius 2 is 2.03 bits per heavy atom. The Labute approximate surface area is 178 Å². The number of rotatable bonds is 5. The van der Waals surface area contributed by atoms with E-state index in [1.54, 1.807) is 0 Å². The van der Waals surface area contributed by atoms with Crippen LogP contribution in [0.1, 0.15) is 45.7 Å². The number of hydrogen-bond donors (Lipinski definition) is 2. The molecule has 2 fully saturated rings. The van der Waals surface area contributed by atoms with Crippen LogP contribution in [0.3, 0.4) is 0 Å². The molecule has 0 radical (unpaired) electrons. The highest BCUT2D eigenvalue weighted by Gasteiger charge is 2.46. The lowest BCUT2D eigenvalue weighted by Gasteiger charge is -2.26. The van der Waals surface area contributed by atoms with Gasteiger partial charge in [0.25, 0.3) is 5.91 Å². The van der Waals surface area contributed by atoms with Gasteiger partial charge in [0.15, 0.2) is 0 Å². The second-order valence-corrected chi connectivity index (χ2v) is 9.04. The molecular weight excluding hydrogens is 400 g/mol. The van der Waals surface area contributed by atoms with Gasteiger partial charge in [-0.3, -0.25) is 9.59 Å². The van der Waals surface area contributed by atoms with Crippen LogP contribution < -0.4 is 5.32 Å². The highest BCUT2D eigenvalue weighted by molar-refractivity contribution is 7.14. The van der Waals surface area contributed by atoms with E-state index in [0.29, 0.717) is 31.2 Å². The van der Waals surface area contributed by atoms with Gasteiger partial charge in [0.05, 0.1) is 35.2 Å². The molecule has 8 heteroatoms. The van der Waals surface area contributed by atoms with Crippen LogP contribution in [0, 0.1) is 5.92 Å². The number of H-pyrrole nitrogens is 1. The summed E-state index contributed by atoms with van der Waals surface area (Å²) >= 11 is 1.45. The fraction of sp³-hybridized carbons (Fsp3) is 0.409. The van der Waals surface area contributed by atoms with Gasteiger partial charge < -0.3 is 19.9 Å². The predicted molar refractivity (Wildman–Crippen MR) is 115 cm³/mol. The summed E-state index contributed by atoms with van der Waals surface area (Å²) < 4.78 is 5.31. The first kappa shape index (κ1) is 19.3. The summed E-state index contributed by atoms with van der Waals surface area (Å²) in [5.41, 5.74) is 1.94. The Hall–Kier alpha value is -2.71. The maximum atomic E-state index is 12.7. The number of carbonyl (C=O) groups is 2. The standard InChI is InChI=1S/C22H24N4O3S/c1-13(18-6-7-19(30-18)22(28)26-8-10-29-11-9-26)23-21(27)15-12-14(15)20-24-16-4-2-3-5-17(16)25-20/h2-7,13-15H,8-12H2,1H3,(H,23,27)(H,24,25). The number of benzene rings is 1. The third-order valence-corrected chi connectivity index (χ3v) is 7.06. The molecule has 1 aromatic carbocycles. The number of thiophene rings is 1. The van der Waals surface area contributed by atoms with Crippen LogP contribution in [-0.4, -0.2) is 53.0 Å². The summed E-state index contributed by atoms with van der Waals surface area (Å²) in [6, 6.07) is 11.6. The summed E-state index contributed by atoms with van der Waals surface area (Å²) in [5, 5.41) is 3.11. The molecule has 0 bridgehead atoms. The van der Waals surface area contributed by atoms with Crippen LogP contribution in [0.15, 0.2) is 36.4 Å². The van der Waals surface area contributed by atoms with Crippen molar-refractivity contribution in [1.82, 2.24) is 20.2 Å². The van der Waals surface area contributed by atoms with Crippen LogP contribution in [0.4, 0.5) is 0 Å². The van der Waals surface area contributed by atoms with Gasteiger partial charge in [-0.2, -0.15) is 0 Å². The lowest BCUT2D eigenvalue weighted by molar-refractivity contribution is -0.123. The molecular formula is C22H24N4O3S. The normalized spacial score (nSPS) is 22.1. The van der Waals surface area contributed by atoms with E-state index in [0.717, 1.165) is 28.2 Å². The van der Waals surface area contributed by atoms with Crippen molar-refractivity contribution in [3.63, 3.8) is 0 Å². The number of aromatic nitrogens is 2. The number of fused-ring (bicyclic) bond motifs is 1. The van der Waals surface area contributed by atoms with E-state index in [1.165, 1.54) is 11.3 Å². The molecule has 1 saturated carbocycles. The van der Waals surface area contributed by atoms with E-state index >= 15 is 0 Å². The van der Waals surface area contributed by atoms with E-state index in [9.17, 15) is 9.59 Å². The lowest BCUT2D eigenvalue weighted by atomic mass is 10.2. The van der Waals surface area contributed by atoms with Gasteiger partial charge in [-0.25, -0.2) is 4.98 Å². The van der Waals surface area contributed by atoms with Crippen molar-refractivity contribution in [2.75, 3.05) is 26.3 Å². The fourth-order valence-corrected chi connectivity index (χ4v) is 4.93. The highest BCUT2D eigenvalue weighted by Crippen LogP contribution is 2.47. The maximum absolute atomic E-state index is 12.7. The monoisotopic (exact) mass is 424 g/mol. The molecule has 7 nitrogen and oxygen atoms in total. The molecule has 1 saturated heterocycles. The average molecular weight is 425 g/mol. The van der Waals surface area contributed by atoms with Gasteiger partial charge in [-0.15, -0.1) is 11.3 Å². The van der Waals surface area contributed by atoms with Crippen LogP contribution in [0.2, 0.25) is 0 Å². The molecule has 3 unspecified atom stereocenters. The number of imidazole rings is 1. The third-order valence-electron chi connectivity index (χ3n) is 5.81. The number of para-hydroxylation sites is 2. The van der Waals surface area contributed by atoms with Crippen LogP contribution in [-0.2, 0) is 9.53 Å². The minimum atomic E-state index is -0.134. The van der Waals surface area contributed by atoms with E-state index in [2.05, 4.69) is 15.3 Å². The Bertz CT molecular complexity index is 1050. The van der Waals surface area contributed by atoms with Crippen molar-refractivity contribution in [2.45, 2.75) is 25.3 Å². The topological polar surface area (TPSA) is 87.3 Å². The number of nitrogens with one attached hydrogen (secondary N) is 2. The minimum absolute atomic E-state index is 0.0419. The minimum Gasteiger partial charge on any atom is -0.378 e. The molecule has 2 aromatic heterocycles. The molecule has 1 aliphatic heterocycles. The lowest BCUT2D eigenvalue weighted by Crippen LogP contribution is -2.40. The molecule has 156 valence electrons. The Morgan fingerprint density at radius 1 is 1.23 bits per heavy atom.